The molecule has 0 radical (unpaired) electrons. The molecule has 6 rings (SSSR count). The maximum atomic E-state index is 14.0. The van der Waals surface area contributed by atoms with Crippen molar-refractivity contribution in [2.75, 3.05) is 45.9 Å². The van der Waals surface area contributed by atoms with Crippen molar-refractivity contribution >= 4 is 17.7 Å². The normalized spacial score (nSPS) is 39.2. The molecule has 5 fully saturated rings. The van der Waals surface area contributed by atoms with Crippen molar-refractivity contribution in [2.24, 2.45) is 56.2 Å². The van der Waals surface area contributed by atoms with Crippen LogP contribution in [0.3, 0.4) is 0 Å². The number of ether oxygens (including phenoxy) is 2. The zero-order chi connectivity index (χ0) is 38.8. The Balaban J connectivity index is 1.21. The van der Waals surface area contributed by atoms with Crippen LogP contribution in [-0.4, -0.2) is 91.0 Å². The highest BCUT2D eigenvalue weighted by Gasteiger charge is 2.70. The van der Waals surface area contributed by atoms with E-state index in [1.165, 1.54) is 5.57 Å². The first-order valence-corrected chi connectivity index (χ1v) is 21.1. The average Bonchev–Trinajstić information content (AvgIpc) is 3.39. The summed E-state index contributed by atoms with van der Waals surface area (Å²) in [5.41, 5.74) is 0.616. The maximum Gasteiger partial charge on any atom is 0.309 e. The minimum absolute atomic E-state index is 0.00860. The number of carbonyl (C=O) groups excluding carboxylic acids is 2. The van der Waals surface area contributed by atoms with Crippen molar-refractivity contribution in [1.29, 1.82) is 0 Å². The number of aliphatic carboxylic acids is 1. The van der Waals surface area contributed by atoms with Gasteiger partial charge in [0.25, 0.3) is 0 Å². The van der Waals surface area contributed by atoms with Crippen LogP contribution < -0.4 is 5.32 Å². The van der Waals surface area contributed by atoms with Gasteiger partial charge in [-0.2, -0.15) is 0 Å². The Kier molecular flexibility index (Phi) is 11.3. The molecule has 3 N–H and O–H groups in total. The summed E-state index contributed by atoms with van der Waals surface area (Å²) in [5, 5.41) is 25.4. The van der Waals surface area contributed by atoms with E-state index in [0.29, 0.717) is 24.8 Å². The zero-order valence-electron chi connectivity index (χ0n) is 34.6. The number of nitrogens with zero attached hydrogens (tertiary/aromatic N) is 1. The summed E-state index contributed by atoms with van der Waals surface area (Å²) >= 11 is 0. The van der Waals surface area contributed by atoms with Gasteiger partial charge in [-0.1, -0.05) is 54.0 Å². The van der Waals surface area contributed by atoms with E-state index in [1.54, 1.807) is 13.8 Å². The molecule has 9 unspecified atom stereocenters. The second-order valence-electron chi connectivity index (χ2n) is 20.6. The van der Waals surface area contributed by atoms with Crippen LogP contribution in [0, 0.1) is 56.2 Å². The molecule has 9 nitrogen and oxygen atoms in total. The lowest BCUT2D eigenvalue weighted by molar-refractivity contribution is -0.235. The molecule has 0 bridgehead atoms. The SMILES string of the molecule is CC(C)C1=C2C3CCC4C5(C)CCC(OC(=O)CC(C)(C)C(=O)O)C(C)(C)C5CCC4(C)C3(C)CCC2(C(O)CNCCCN2CCOCC2)CC1=O. The van der Waals surface area contributed by atoms with Crippen LogP contribution in [0.2, 0.25) is 0 Å². The second kappa shape index (κ2) is 14.6. The first-order valence-electron chi connectivity index (χ1n) is 21.1. The number of carboxylic acids is 1. The Morgan fingerprint density at radius 3 is 2.32 bits per heavy atom. The Labute approximate surface area is 319 Å². The number of ketones is 1. The van der Waals surface area contributed by atoms with Gasteiger partial charge in [0.05, 0.1) is 31.2 Å². The van der Waals surface area contributed by atoms with Gasteiger partial charge in [0.1, 0.15) is 6.10 Å². The van der Waals surface area contributed by atoms with E-state index in [0.717, 1.165) is 103 Å². The zero-order valence-corrected chi connectivity index (χ0v) is 34.6. The Bertz CT molecular complexity index is 1450. The third-order valence-electron chi connectivity index (χ3n) is 16.8. The predicted molar refractivity (Wildman–Crippen MR) is 206 cm³/mol. The summed E-state index contributed by atoms with van der Waals surface area (Å²) in [4.78, 5) is 41.3. The van der Waals surface area contributed by atoms with Gasteiger partial charge in [-0.3, -0.25) is 19.3 Å². The highest BCUT2D eigenvalue weighted by molar-refractivity contribution is 6.00. The molecule has 9 atom stereocenters. The third kappa shape index (κ3) is 6.77. The number of aliphatic hydroxyl groups excluding tert-OH is 1. The van der Waals surface area contributed by atoms with E-state index in [4.69, 9.17) is 9.47 Å². The molecule has 9 heteroatoms. The fourth-order valence-corrected chi connectivity index (χ4v) is 13.6. The molecule has 1 saturated heterocycles. The van der Waals surface area contributed by atoms with Gasteiger partial charge in [-0.25, -0.2) is 0 Å². The van der Waals surface area contributed by atoms with E-state index < -0.39 is 28.9 Å². The largest absolute Gasteiger partial charge is 0.481 e. The number of fused-ring (bicyclic) bond motifs is 7. The molecule has 0 aromatic heterocycles. The standard InChI is InChI=1S/C44H72N2O7/c1-28(2)36-30(47)25-44(33(48)27-45-19-10-20-46-21-23-52-24-22-46)18-17-42(8)29(37(36)44)11-12-32-41(7)15-14-34(53-35(49)26-39(3,4)38(50)51)40(5,6)31(41)13-16-43(32,42)9/h28-29,31-34,45,48H,10-27H2,1-9H3,(H,50,51). The summed E-state index contributed by atoms with van der Waals surface area (Å²) in [6.07, 6.45) is 8.47. The quantitative estimate of drug-likeness (QED) is 0.143. The number of carboxylic acid groups (broad SMARTS) is 1. The van der Waals surface area contributed by atoms with Crippen molar-refractivity contribution < 1.29 is 34.1 Å². The predicted octanol–water partition coefficient (Wildman–Crippen LogP) is 7.05. The molecule has 1 heterocycles. The smallest absolute Gasteiger partial charge is 0.309 e. The molecule has 300 valence electrons. The molecular weight excluding hydrogens is 668 g/mol. The molecule has 1 aliphatic heterocycles. The number of hydrogen-bond donors (Lipinski definition) is 3. The van der Waals surface area contributed by atoms with E-state index >= 15 is 0 Å². The number of allylic oxidation sites excluding steroid dienone is 1. The van der Waals surface area contributed by atoms with E-state index in [1.807, 2.05) is 0 Å². The van der Waals surface area contributed by atoms with Gasteiger partial charge < -0.3 is 25.0 Å². The van der Waals surface area contributed by atoms with Crippen molar-refractivity contribution in [3.05, 3.63) is 11.1 Å². The maximum absolute atomic E-state index is 14.0. The van der Waals surface area contributed by atoms with Crippen LogP contribution in [0.1, 0.15) is 133 Å². The van der Waals surface area contributed by atoms with Gasteiger partial charge in [-0.05, 0) is 130 Å². The molecule has 0 aromatic carbocycles. The van der Waals surface area contributed by atoms with Crippen LogP contribution in [0.5, 0.6) is 0 Å². The molecule has 53 heavy (non-hydrogen) atoms. The number of morpholine rings is 1. The van der Waals surface area contributed by atoms with Crippen LogP contribution >= 0.6 is 0 Å². The third-order valence-corrected chi connectivity index (χ3v) is 16.8. The van der Waals surface area contributed by atoms with Crippen molar-refractivity contribution in [2.45, 2.75) is 145 Å². The number of rotatable bonds is 12. The number of esters is 1. The highest BCUT2D eigenvalue weighted by Crippen LogP contribution is 2.77. The Morgan fingerprint density at radius 2 is 1.66 bits per heavy atom. The lowest BCUT2D eigenvalue weighted by atomic mass is 9.33. The number of hydrogen-bond acceptors (Lipinski definition) is 8. The van der Waals surface area contributed by atoms with Crippen LogP contribution in [0.4, 0.5) is 0 Å². The van der Waals surface area contributed by atoms with Crippen LogP contribution in [0.25, 0.3) is 0 Å². The topological polar surface area (TPSA) is 125 Å². The Morgan fingerprint density at radius 1 is 0.962 bits per heavy atom. The lowest BCUT2D eigenvalue weighted by Crippen LogP contribution is -2.66. The monoisotopic (exact) mass is 741 g/mol. The lowest BCUT2D eigenvalue weighted by Gasteiger charge is -2.72. The molecule has 6 aliphatic rings. The summed E-state index contributed by atoms with van der Waals surface area (Å²) in [6, 6.07) is 0. The highest BCUT2D eigenvalue weighted by atomic mass is 16.5. The van der Waals surface area contributed by atoms with Crippen molar-refractivity contribution in [3.8, 4) is 0 Å². The van der Waals surface area contributed by atoms with E-state index in [9.17, 15) is 24.6 Å². The summed E-state index contributed by atoms with van der Waals surface area (Å²) in [5.74, 6) is 0.154. The fraction of sp³-hybridized carbons (Fsp3) is 0.886. The number of nitrogens with one attached hydrogen (secondary N) is 1. The Hall–Kier alpha value is -1.81. The molecule has 0 spiro atoms. The van der Waals surface area contributed by atoms with E-state index in [-0.39, 0.29) is 51.8 Å². The fourth-order valence-electron chi connectivity index (χ4n) is 13.6. The van der Waals surface area contributed by atoms with Crippen LogP contribution in [0.15, 0.2) is 11.1 Å². The molecular formula is C44H72N2O7. The molecule has 4 saturated carbocycles. The first kappa shape index (κ1) is 40.8. The van der Waals surface area contributed by atoms with Gasteiger partial charge in [0.15, 0.2) is 5.78 Å². The van der Waals surface area contributed by atoms with Gasteiger partial charge in [0, 0.05) is 36.9 Å². The van der Waals surface area contributed by atoms with Crippen molar-refractivity contribution in [3.63, 3.8) is 0 Å². The van der Waals surface area contributed by atoms with Gasteiger partial charge in [-0.15, -0.1) is 0 Å². The second-order valence-corrected chi connectivity index (χ2v) is 20.6. The average molecular weight is 741 g/mol. The summed E-state index contributed by atoms with van der Waals surface area (Å²) in [6.45, 7) is 25.7. The minimum Gasteiger partial charge on any atom is -0.481 e. The summed E-state index contributed by atoms with van der Waals surface area (Å²) in [7, 11) is 0. The molecule has 5 aliphatic carbocycles. The number of Topliss-reactive ketones (excluding diaryl/α,β-unsaturated/α-hetero) is 1. The van der Waals surface area contributed by atoms with Gasteiger partial charge in [0.2, 0.25) is 0 Å². The molecule has 0 aromatic rings. The molecule has 0 amide bonds. The first-order chi connectivity index (χ1) is 24.7. The van der Waals surface area contributed by atoms with Gasteiger partial charge >= 0.3 is 11.9 Å². The number of aliphatic hydroxyl groups is 1. The van der Waals surface area contributed by atoms with E-state index in [2.05, 4.69) is 58.7 Å². The van der Waals surface area contributed by atoms with Crippen molar-refractivity contribution in [1.82, 2.24) is 10.2 Å². The minimum atomic E-state index is -1.16. The summed E-state index contributed by atoms with van der Waals surface area (Å²) < 4.78 is 11.7. The number of carbonyl (C=O) groups is 3. The van der Waals surface area contributed by atoms with Crippen LogP contribution in [-0.2, 0) is 23.9 Å².